The molecule has 0 saturated heterocycles. The van der Waals surface area contributed by atoms with Gasteiger partial charge < -0.3 is 15.7 Å². The molecule has 2 amide bonds. The fraction of sp³-hybridized carbons (Fsp3) is 0.174. The van der Waals surface area contributed by atoms with E-state index in [-0.39, 0.29) is 18.8 Å². The van der Waals surface area contributed by atoms with Gasteiger partial charge in [-0.05, 0) is 41.8 Å². The molecule has 8 nitrogen and oxygen atoms in total. The second-order valence-corrected chi connectivity index (χ2v) is 7.24. The molecule has 31 heavy (non-hydrogen) atoms. The Morgan fingerprint density at radius 2 is 1.77 bits per heavy atom. The first-order chi connectivity index (χ1) is 15.1. The quantitative estimate of drug-likeness (QED) is 0.429. The van der Waals surface area contributed by atoms with E-state index in [1.54, 1.807) is 36.5 Å². The molecular formula is C23H23N5O3. The van der Waals surface area contributed by atoms with Crippen LogP contribution in [0.3, 0.4) is 0 Å². The molecule has 2 aromatic heterocycles. The first-order valence-electron chi connectivity index (χ1n) is 9.98. The summed E-state index contributed by atoms with van der Waals surface area (Å²) in [6.45, 7) is 0.115. The molecule has 0 aliphatic heterocycles. The van der Waals surface area contributed by atoms with Gasteiger partial charge in [-0.2, -0.15) is 0 Å². The van der Waals surface area contributed by atoms with Crippen molar-refractivity contribution in [1.29, 1.82) is 0 Å². The van der Waals surface area contributed by atoms with Gasteiger partial charge in [-0.25, -0.2) is 14.3 Å². The van der Waals surface area contributed by atoms with E-state index >= 15 is 0 Å². The summed E-state index contributed by atoms with van der Waals surface area (Å²) in [6, 6.07) is 21.5. The number of hydrogen-bond donors (Lipinski definition) is 3. The van der Waals surface area contributed by atoms with Crippen LogP contribution in [-0.4, -0.2) is 38.0 Å². The molecule has 0 bridgehead atoms. The van der Waals surface area contributed by atoms with Crippen molar-refractivity contribution in [3.63, 3.8) is 0 Å². The molecule has 1 atom stereocenters. The van der Waals surface area contributed by atoms with Gasteiger partial charge in [0.2, 0.25) is 0 Å². The number of carbonyl (C=O) groups excluding carboxylic acids is 1. The minimum Gasteiger partial charge on any atom is -0.394 e. The molecular weight excluding hydrogens is 394 g/mol. The maximum absolute atomic E-state index is 12.5. The summed E-state index contributed by atoms with van der Waals surface area (Å²) in [7, 11) is 0. The molecule has 2 aromatic carbocycles. The number of aliphatic hydroxyl groups is 1. The molecule has 158 valence electrons. The van der Waals surface area contributed by atoms with Crippen LogP contribution in [0.4, 0.5) is 10.5 Å². The van der Waals surface area contributed by atoms with Crippen LogP contribution in [0.2, 0.25) is 0 Å². The van der Waals surface area contributed by atoms with E-state index in [4.69, 9.17) is 0 Å². The number of nitrogens with zero attached hydrogens (tertiary/aromatic N) is 3. The molecule has 0 radical (unpaired) electrons. The topological polar surface area (TPSA) is 101 Å². The first-order valence-corrected chi connectivity index (χ1v) is 9.98. The van der Waals surface area contributed by atoms with E-state index < -0.39 is 12.1 Å². The van der Waals surface area contributed by atoms with Crippen LogP contribution in [0.15, 0.2) is 83.8 Å². The second-order valence-electron chi connectivity index (χ2n) is 7.24. The monoisotopic (exact) mass is 417 g/mol. The van der Waals surface area contributed by atoms with Crippen LogP contribution >= 0.6 is 0 Å². The van der Waals surface area contributed by atoms with Gasteiger partial charge in [-0.1, -0.05) is 48.5 Å². The lowest BCUT2D eigenvalue weighted by atomic mass is 10.1. The fourth-order valence-corrected chi connectivity index (χ4v) is 3.40. The number of benzene rings is 2. The van der Waals surface area contributed by atoms with Crippen LogP contribution in [0.5, 0.6) is 0 Å². The van der Waals surface area contributed by atoms with Crippen LogP contribution in [0, 0.1) is 0 Å². The van der Waals surface area contributed by atoms with Crippen molar-refractivity contribution >= 4 is 17.4 Å². The van der Waals surface area contributed by atoms with E-state index in [1.165, 1.54) is 9.08 Å². The average Bonchev–Trinajstić information content (AvgIpc) is 3.09. The van der Waals surface area contributed by atoms with Crippen LogP contribution in [0.25, 0.3) is 5.65 Å². The SMILES string of the molecule is O=C(Nc1cccc(Cn2nc3ccccn3c2=O)c1)NC(CO)Cc1ccccc1. The third-order valence-electron chi connectivity index (χ3n) is 4.89. The molecule has 0 spiro atoms. The highest BCUT2D eigenvalue weighted by Gasteiger charge is 2.13. The summed E-state index contributed by atoms with van der Waals surface area (Å²) in [6.07, 6.45) is 2.21. The predicted molar refractivity (Wildman–Crippen MR) is 118 cm³/mol. The largest absolute Gasteiger partial charge is 0.394 e. The predicted octanol–water partition coefficient (Wildman–Crippen LogP) is 2.27. The summed E-state index contributed by atoms with van der Waals surface area (Å²) >= 11 is 0. The molecule has 1 unspecified atom stereocenters. The molecule has 4 aromatic rings. The minimum absolute atomic E-state index is 0.168. The molecule has 0 saturated carbocycles. The van der Waals surface area contributed by atoms with Crippen molar-refractivity contribution in [2.24, 2.45) is 0 Å². The maximum atomic E-state index is 12.5. The van der Waals surface area contributed by atoms with Crippen molar-refractivity contribution in [2.75, 3.05) is 11.9 Å². The van der Waals surface area contributed by atoms with Gasteiger partial charge in [-0.15, -0.1) is 5.10 Å². The molecule has 0 aliphatic carbocycles. The lowest BCUT2D eigenvalue weighted by Crippen LogP contribution is -2.41. The van der Waals surface area contributed by atoms with Crippen LogP contribution in [0.1, 0.15) is 11.1 Å². The van der Waals surface area contributed by atoms with E-state index in [0.29, 0.717) is 17.8 Å². The zero-order chi connectivity index (χ0) is 21.6. The normalized spacial score (nSPS) is 11.9. The second kappa shape index (κ2) is 9.27. The Balaban J connectivity index is 1.41. The Hall–Kier alpha value is -3.91. The molecule has 3 N–H and O–H groups in total. The van der Waals surface area contributed by atoms with E-state index in [9.17, 15) is 14.7 Å². The summed E-state index contributed by atoms with van der Waals surface area (Å²) in [5, 5.41) is 19.5. The standard InChI is InChI=1S/C23H23N5O3/c29-16-20(13-17-7-2-1-3-8-17)25-22(30)24-19-10-6-9-18(14-19)15-28-23(31)27-12-5-4-11-21(27)26-28/h1-12,14,20,29H,13,15-16H2,(H2,24,25,30). The van der Waals surface area contributed by atoms with Crippen molar-refractivity contribution in [3.05, 3.63) is 101 Å². The summed E-state index contributed by atoms with van der Waals surface area (Å²) in [5.41, 5.74) is 2.80. The summed E-state index contributed by atoms with van der Waals surface area (Å²) < 4.78 is 2.87. The van der Waals surface area contributed by atoms with Crippen LogP contribution in [-0.2, 0) is 13.0 Å². The highest BCUT2D eigenvalue weighted by atomic mass is 16.3. The summed E-state index contributed by atoms with van der Waals surface area (Å²) in [5.74, 6) is 0. The number of aromatic nitrogens is 3. The van der Waals surface area contributed by atoms with Crippen molar-refractivity contribution in [2.45, 2.75) is 19.0 Å². The lowest BCUT2D eigenvalue weighted by Gasteiger charge is -2.17. The van der Waals surface area contributed by atoms with E-state index in [1.807, 2.05) is 42.5 Å². The van der Waals surface area contributed by atoms with Crippen molar-refractivity contribution in [3.8, 4) is 0 Å². The average molecular weight is 417 g/mol. The number of aliphatic hydroxyl groups excluding tert-OH is 1. The van der Waals surface area contributed by atoms with Gasteiger partial charge in [0.1, 0.15) is 0 Å². The Morgan fingerprint density at radius 1 is 1.00 bits per heavy atom. The Kier molecular flexibility index (Phi) is 6.09. The van der Waals surface area contributed by atoms with Gasteiger partial charge in [-0.3, -0.25) is 4.40 Å². The number of hydrogen-bond acceptors (Lipinski definition) is 4. The highest BCUT2D eigenvalue weighted by molar-refractivity contribution is 5.89. The summed E-state index contributed by atoms with van der Waals surface area (Å²) in [4.78, 5) is 24.9. The maximum Gasteiger partial charge on any atom is 0.350 e. The molecule has 8 heteroatoms. The zero-order valence-corrected chi connectivity index (χ0v) is 16.8. The van der Waals surface area contributed by atoms with Crippen molar-refractivity contribution in [1.82, 2.24) is 19.5 Å². The highest BCUT2D eigenvalue weighted by Crippen LogP contribution is 2.12. The van der Waals surface area contributed by atoms with E-state index in [0.717, 1.165) is 11.1 Å². The number of pyridine rings is 1. The van der Waals surface area contributed by atoms with Gasteiger partial charge in [0.15, 0.2) is 5.65 Å². The van der Waals surface area contributed by atoms with Gasteiger partial charge in [0.05, 0.1) is 19.2 Å². The molecule has 2 heterocycles. The van der Waals surface area contributed by atoms with Crippen LogP contribution < -0.4 is 16.3 Å². The number of rotatable bonds is 7. The molecule has 4 rings (SSSR count). The Labute approximate surface area is 178 Å². The van der Waals surface area contributed by atoms with Gasteiger partial charge >= 0.3 is 11.7 Å². The molecule has 0 aliphatic rings. The fourth-order valence-electron chi connectivity index (χ4n) is 3.40. The third kappa shape index (κ3) is 4.99. The Morgan fingerprint density at radius 3 is 2.55 bits per heavy atom. The number of anilines is 1. The van der Waals surface area contributed by atoms with Gasteiger partial charge in [0, 0.05) is 11.9 Å². The van der Waals surface area contributed by atoms with E-state index in [2.05, 4.69) is 15.7 Å². The molecule has 0 fully saturated rings. The number of nitrogens with one attached hydrogen (secondary N) is 2. The Bertz CT molecular complexity index is 1230. The van der Waals surface area contributed by atoms with Gasteiger partial charge in [0.25, 0.3) is 0 Å². The van der Waals surface area contributed by atoms with Crippen molar-refractivity contribution < 1.29 is 9.90 Å². The minimum atomic E-state index is -0.406. The zero-order valence-electron chi connectivity index (χ0n) is 16.8. The first kappa shape index (κ1) is 20.4. The lowest BCUT2D eigenvalue weighted by molar-refractivity contribution is 0.224. The number of fused-ring (bicyclic) bond motifs is 1. The number of carbonyl (C=O) groups is 1. The number of amides is 2. The smallest absolute Gasteiger partial charge is 0.350 e. The third-order valence-corrected chi connectivity index (χ3v) is 4.89. The number of urea groups is 1.